The topological polar surface area (TPSA) is 49.0 Å². The highest BCUT2D eigenvalue weighted by Gasteiger charge is 2.16. The summed E-state index contributed by atoms with van der Waals surface area (Å²) >= 11 is 0. The molecule has 0 aliphatic rings. The number of nitrogens with zero attached hydrogens (tertiary/aromatic N) is 2. The number of phenols is 1. The highest BCUT2D eigenvalue weighted by molar-refractivity contribution is 5.64. The van der Waals surface area contributed by atoms with Crippen molar-refractivity contribution in [2.24, 2.45) is 7.05 Å². The highest BCUT2D eigenvalue weighted by atomic mass is 19.1. The minimum absolute atomic E-state index is 0.247. The normalized spacial score (nSPS) is 10.2. The van der Waals surface area contributed by atoms with Crippen LogP contribution in [-0.4, -0.2) is 9.67 Å². The van der Waals surface area contributed by atoms with Crippen molar-refractivity contribution in [1.82, 2.24) is 4.57 Å². The van der Waals surface area contributed by atoms with Gasteiger partial charge >= 0.3 is 0 Å². The summed E-state index contributed by atoms with van der Waals surface area (Å²) in [6.45, 7) is 0. The third kappa shape index (κ3) is 1.74. The molecule has 17 heavy (non-hydrogen) atoms. The maximum absolute atomic E-state index is 13.6. The first-order valence-corrected chi connectivity index (χ1v) is 4.78. The monoisotopic (exact) mass is 234 g/mol. The predicted octanol–water partition coefficient (Wildman–Crippen LogP) is 2.55. The smallest absolute Gasteiger partial charge is 0.139 e. The molecule has 0 unspecified atom stereocenters. The van der Waals surface area contributed by atoms with Gasteiger partial charge in [0, 0.05) is 19.2 Å². The van der Waals surface area contributed by atoms with Crippen LogP contribution >= 0.6 is 0 Å². The minimum Gasteiger partial charge on any atom is -0.508 e. The highest BCUT2D eigenvalue weighted by Crippen LogP contribution is 2.30. The molecule has 1 heterocycles. The standard InChI is InChI=1S/C12H8F2N2O/c1-16-7(6-15)2-3-11(16)12-9(13)4-8(17)5-10(12)14/h2-5,17H,1H3. The lowest BCUT2D eigenvalue weighted by Crippen LogP contribution is -1.98. The van der Waals surface area contributed by atoms with Gasteiger partial charge in [-0.25, -0.2) is 8.78 Å². The molecule has 2 rings (SSSR count). The molecule has 0 aliphatic carbocycles. The zero-order chi connectivity index (χ0) is 12.6. The van der Waals surface area contributed by atoms with Crippen LogP contribution in [0.25, 0.3) is 11.3 Å². The number of hydrogen-bond donors (Lipinski definition) is 1. The molecule has 86 valence electrons. The molecule has 1 aromatic carbocycles. The number of rotatable bonds is 1. The second-order valence-electron chi connectivity index (χ2n) is 3.56. The molecule has 0 saturated heterocycles. The van der Waals surface area contributed by atoms with E-state index in [4.69, 9.17) is 10.4 Å². The van der Waals surface area contributed by atoms with Gasteiger partial charge in [0.15, 0.2) is 0 Å². The van der Waals surface area contributed by atoms with Crippen molar-refractivity contribution < 1.29 is 13.9 Å². The lowest BCUT2D eigenvalue weighted by molar-refractivity contribution is 0.461. The van der Waals surface area contributed by atoms with E-state index < -0.39 is 17.4 Å². The van der Waals surface area contributed by atoms with Crippen LogP contribution in [-0.2, 0) is 7.05 Å². The van der Waals surface area contributed by atoms with E-state index in [1.165, 1.54) is 16.7 Å². The average Bonchev–Trinajstić information content (AvgIpc) is 2.59. The fraction of sp³-hybridized carbons (Fsp3) is 0.0833. The van der Waals surface area contributed by atoms with Crippen molar-refractivity contribution in [2.45, 2.75) is 0 Å². The third-order valence-corrected chi connectivity index (χ3v) is 2.52. The Balaban J connectivity index is 2.69. The van der Waals surface area contributed by atoms with Gasteiger partial charge in [-0.05, 0) is 12.1 Å². The Morgan fingerprint density at radius 2 is 1.82 bits per heavy atom. The summed E-state index contributed by atoms with van der Waals surface area (Å²) in [6.07, 6.45) is 0. The van der Waals surface area contributed by atoms with Crippen LogP contribution in [0.2, 0.25) is 0 Å². The molecule has 2 aromatic rings. The second kappa shape index (κ2) is 3.91. The number of nitriles is 1. The average molecular weight is 234 g/mol. The number of hydrogen-bond acceptors (Lipinski definition) is 2. The molecule has 0 saturated carbocycles. The van der Waals surface area contributed by atoms with E-state index in [-0.39, 0.29) is 11.3 Å². The van der Waals surface area contributed by atoms with Crippen LogP contribution in [0.5, 0.6) is 5.75 Å². The van der Waals surface area contributed by atoms with Gasteiger partial charge in [-0.15, -0.1) is 0 Å². The minimum atomic E-state index is -0.867. The van der Waals surface area contributed by atoms with Crippen LogP contribution in [0.1, 0.15) is 5.69 Å². The molecule has 0 aliphatic heterocycles. The molecular formula is C12H8F2N2O. The first-order chi connectivity index (χ1) is 8.04. The first-order valence-electron chi connectivity index (χ1n) is 4.78. The molecule has 1 aromatic heterocycles. The van der Waals surface area contributed by atoms with E-state index in [1.54, 1.807) is 7.05 Å². The maximum Gasteiger partial charge on any atom is 0.139 e. The zero-order valence-corrected chi connectivity index (χ0v) is 8.91. The van der Waals surface area contributed by atoms with Gasteiger partial charge in [0.1, 0.15) is 29.1 Å². The van der Waals surface area contributed by atoms with Crippen LogP contribution in [0.4, 0.5) is 8.78 Å². The summed E-state index contributed by atoms with van der Waals surface area (Å²) in [4.78, 5) is 0. The number of aromatic nitrogens is 1. The summed E-state index contributed by atoms with van der Waals surface area (Å²) in [5.74, 6) is -2.21. The summed E-state index contributed by atoms with van der Waals surface area (Å²) in [6, 6.07) is 6.49. The van der Waals surface area contributed by atoms with Crippen molar-refractivity contribution in [1.29, 1.82) is 5.26 Å². The second-order valence-corrected chi connectivity index (χ2v) is 3.56. The van der Waals surface area contributed by atoms with Gasteiger partial charge in [0.2, 0.25) is 0 Å². The molecule has 0 spiro atoms. The summed E-state index contributed by atoms with van der Waals surface area (Å²) in [5.41, 5.74) is 0.287. The lowest BCUT2D eigenvalue weighted by Gasteiger charge is -2.07. The molecule has 0 atom stereocenters. The van der Waals surface area contributed by atoms with E-state index >= 15 is 0 Å². The van der Waals surface area contributed by atoms with Crippen LogP contribution < -0.4 is 0 Å². The van der Waals surface area contributed by atoms with Gasteiger partial charge < -0.3 is 9.67 Å². The van der Waals surface area contributed by atoms with Crippen LogP contribution in [0, 0.1) is 23.0 Å². The Morgan fingerprint density at radius 1 is 1.24 bits per heavy atom. The van der Waals surface area contributed by atoms with Gasteiger partial charge in [0.05, 0.1) is 11.3 Å². The molecule has 0 bridgehead atoms. The fourth-order valence-corrected chi connectivity index (χ4v) is 1.68. The van der Waals surface area contributed by atoms with Crippen LogP contribution in [0.3, 0.4) is 0 Å². The van der Waals surface area contributed by atoms with E-state index in [1.807, 2.05) is 6.07 Å². The quantitative estimate of drug-likeness (QED) is 0.824. The maximum atomic E-state index is 13.6. The Hall–Kier alpha value is -2.35. The Labute approximate surface area is 96.2 Å². The van der Waals surface area contributed by atoms with E-state index in [0.717, 1.165) is 12.1 Å². The Bertz CT molecular complexity index is 603. The molecule has 3 nitrogen and oxygen atoms in total. The van der Waals surface area contributed by atoms with Gasteiger partial charge in [-0.1, -0.05) is 0 Å². The van der Waals surface area contributed by atoms with Crippen molar-refractivity contribution in [2.75, 3.05) is 0 Å². The Kier molecular flexibility index (Phi) is 2.56. The number of halogens is 2. The van der Waals surface area contributed by atoms with Crippen molar-refractivity contribution in [3.63, 3.8) is 0 Å². The Morgan fingerprint density at radius 3 is 2.29 bits per heavy atom. The third-order valence-electron chi connectivity index (χ3n) is 2.52. The van der Waals surface area contributed by atoms with E-state index in [2.05, 4.69) is 0 Å². The molecule has 0 fully saturated rings. The summed E-state index contributed by atoms with van der Waals surface area (Å²) in [7, 11) is 1.54. The van der Waals surface area contributed by atoms with E-state index in [0.29, 0.717) is 5.69 Å². The van der Waals surface area contributed by atoms with Gasteiger partial charge in [-0.2, -0.15) is 5.26 Å². The number of phenolic OH excluding ortho intramolecular Hbond substituents is 1. The first kappa shape index (κ1) is 11.1. The molecule has 1 N–H and O–H groups in total. The SMILES string of the molecule is Cn1c(C#N)ccc1-c1c(F)cc(O)cc1F. The fourth-order valence-electron chi connectivity index (χ4n) is 1.68. The lowest BCUT2D eigenvalue weighted by atomic mass is 10.1. The summed E-state index contributed by atoms with van der Waals surface area (Å²) < 4.78 is 28.6. The molecule has 0 amide bonds. The predicted molar refractivity (Wildman–Crippen MR) is 57.1 cm³/mol. The van der Waals surface area contributed by atoms with Crippen LogP contribution in [0.15, 0.2) is 24.3 Å². The molecule has 5 heteroatoms. The van der Waals surface area contributed by atoms with Crippen molar-refractivity contribution in [3.05, 3.63) is 41.6 Å². The number of aromatic hydroxyl groups is 1. The van der Waals surface area contributed by atoms with E-state index in [9.17, 15) is 8.78 Å². The van der Waals surface area contributed by atoms with Crippen molar-refractivity contribution in [3.8, 4) is 23.1 Å². The molecular weight excluding hydrogens is 226 g/mol. The van der Waals surface area contributed by atoms with Gasteiger partial charge in [0.25, 0.3) is 0 Å². The molecule has 0 radical (unpaired) electrons. The zero-order valence-electron chi connectivity index (χ0n) is 8.91. The van der Waals surface area contributed by atoms with Crippen molar-refractivity contribution >= 4 is 0 Å². The largest absolute Gasteiger partial charge is 0.508 e. The van der Waals surface area contributed by atoms with Gasteiger partial charge in [-0.3, -0.25) is 0 Å². The summed E-state index contributed by atoms with van der Waals surface area (Å²) in [5, 5.41) is 17.8. The number of benzene rings is 1.